The van der Waals surface area contributed by atoms with Gasteiger partial charge in [-0.25, -0.2) is 15.0 Å². The normalized spacial score (nSPS) is 11.3. The van der Waals surface area contributed by atoms with E-state index in [1.165, 1.54) is 48.0 Å². The van der Waals surface area contributed by atoms with Crippen LogP contribution in [0.2, 0.25) is 0 Å². The molecule has 2 heterocycles. The smallest absolute Gasteiger partial charge is 0.164 e. The van der Waals surface area contributed by atoms with Gasteiger partial charge in [0, 0.05) is 36.9 Å². The third kappa shape index (κ3) is 6.50. The Balaban J connectivity index is 0.997. The Morgan fingerprint density at radius 1 is 0.236 bits per heavy atom. The molecular weight excluding hydrogens is 687 g/mol. The number of rotatable bonds is 7. The van der Waals surface area contributed by atoms with Gasteiger partial charge in [0.05, 0.1) is 0 Å². The van der Waals surface area contributed by atoms with Gasteiger partial charge in [-0.15, -0.1) is 11.3 Å². The van der Waals surface area contributed by atoms with Gasteiger partial charge >= 0.3 is 0 Å². The first-order chi connectivity index (χ1) is 27.2. The third-order valence-corrected chi connectivity index (χ3v) is 11.3. The topological polar surface area (TPSA) is 38.7 Å². The molecule has 0 fully saturated rings. The monoisotopic (exact) mass is 719 g/mol. The SMILES string of the molecule is c1ccc(-c2cccc(-c3cccc(-c4cccc(-c5nc(-c6ccccc6)nc(-c6ccc(-c7ccc8c(c7)sc7ccccc78)cc6)n5)c4)c3)c2)cc1. The first-order valence-corrected chi connectivity index (χ1v) is 19.2. The van der Waals surface area contributed by atoms with Crippen LogP contribution in [0.15, 0.2) is 200 Å². The van der Waals surface area contributed by atoms with Gasteiger partial charge in [0.15, 0.2) is 17.5 Å². The van der Waals surface area contributed by atoms with E-state index in [2.05, 4.69) is 170 Å². The molecule has 0 amide bonds. The van der Waals surface area contributed by atoms with Crippen LogP contribution in [-0.2, 0) is 0 Å². The van der Waals surface area contributed by atoms with Crippen molar-refractivity contribution in [2.45, 2.75) is 0 Å². The van der Waals surface area contributed by atoms with E-state index in [1.54, 1.807) is 0 Å². The second kappa shape index (κ2) is 14.1. The zero-order valence-electron chi connectivity index (χ0n) is 29.8. The van der Waals surface area contributed by atoms with Gasteiger partial charge in [-0.3, -0.25) is 0 Å². The van der Waals surface area contributed by atoms with E-state index in [0.29, 0.717) is 17.5 Å². The highest BCUT2D eigenvalue weighted by atomic mass is 32.1. The molecule has 0 radical (unpaired) electrons. The number of hydrogen-bond acceptors (Lipinski definition) is 4. The lowest BCUT2D eigenvalue weighted by Crippen LogP contribution is -2.00. The maximum absolute atomic E-state index is 5.08. The van der Waals surface area contributed by atoms with E-state index < -0.39 is 0 Å². The van der Waals surface area contributed by atoms with Crippen molar-refractivity contribution in [3.63, 3.8) is 0 Å². The van der Waals surface area contributed by atoms with Crippen molar-refractivity contribution >= 4 is 31.5 Å². The van der Waals surface area contributed by atoms with E-state index in [0.717, 1.165) is 33.4 Å². The average molecular weight is 720 g/mol. The fourth-order valence-corrected chi connectivity index (χ4v) is 8.44. The van der Waals surface area contributed by atoms with Crippen LogP contribution in [0.25, 0.3) is 98.8 Å². The molecule has 4 heteroatoms. The summed E-state index contributed by atoms with van der Waals surface area (Å²) in [6.45, 7) is 0. The summed E-state index contributed by atoms with van der Waals surface area (Å²) in [6.07, 6.45) is 0. The summed E-state index contributed by atoms with van der Waals surface area (Å²) in [7, 11) is 0. The van der Waals surface area contributed by atoms with E-state index in [1.807, 2.05) is 41.7 Å². The number of hydrogen-bond donors (Lipinski definition) is 0. The molecule has 0 saturated carbocycles. The summed E-state index contributed by atoms with van der Waals surface area (Å²) in [5, 5.41) is 2.62. The van der Waals surface area contributed by atoms with Crippen LogP contribution in [0.3, 0.4) is 0 Å². The van der Waals surface area contributed by atoms with Crippen LogP contribution in [-0.4, -0.2) is 15.0 Å². The predicted octanol–water partition coefficient (Wildman–Crippen LogP) is 13.9. The second-order valence-corrected chi connectivity index (χ2v) is 14.8. The Morgan fingerprint density at radius 3 is 1.22 bits per heavy atom. The molecule has 0 N–H and O–H groups in total. The molecule has 0 aliphatic heterocycles. The molecule has 0 bridgehead atoms. The summed E-state index contributed by atoms with van der Waals surface area (Å²) in [6, 6.07) is 70.6. The van der Waals surface area contributed by atoms with E-state index in [4.69, 9.17) is 15.0 Å². The molecule has 2 aromatic heterocycles. The summed E-state index contributed by atoms with van der Waals surface area (Å²) >= 11 is 1.84. The number of aromatic nitrogens is 3. The minimum atomic E-state index is 0.636. The molecule has 10 aromatic rings. The molecule has 55 heavy (non-hydrogen) atoms. The highest BCUT2D eigenvalue weighted by Crippen LogP contribution is 2.37. The van der Waals surface area contributed by atoms with E-state index in [-0.39, 0.29) is 0 Å². The lowest BCUT2D eigenvalue weighted by atomic mass is 9.95. The van der Waals surface area contributed by atoms with Gasteiger partial charge in [-0.05, 0) is 74.8 Å². The first-order valence-electron chi connectivity index (χ1n) is 18.4. The van der Waals surface area contributed by atoms with E-state index >= 15 is 0 Å². The fraction of sp³-hybridized carbons (Fsp3) is 0. The maximum atomic E-state index is 5.08. The molecule has 0 unspecified atom stereocenters. The largest absolute Gasteiger partial charge is 0.208 e. The summed E-state index contributed by atoms with van der Waals surface area (Å²) in [4.78, 5) is 15.1. The number of nitrogens with zero attached hydrogens (tertiary/aromatic N) is 3. The second-order valence-electron chi connectivity index (χ2n) is 13.7. The zero-order chi connectivity index (χ0) is 36.6. The Morgan fingerprint density at radius 2 is 0.600 bits per heavy atom. The number of benzene rings is 8. The highest BCUT2D eigenvalue weighted by Gasteiger charge is 2.14. The predicted molar refractivity (Wildman–Crippen MR) is 231 cm³/mol. The Labute approximate surface area is 323 Å². The van der Waals surface area contributed by atoms with Gasteiger partial charge in [-0.2, -0.15) is 0 Å². The molecule has 0 atom stereocenters. The van der Waals surface area contributed by atoms with Crippen molar-refractivity contribution in [1.82, 2.24) is 15.0 Å². The number of thiophene rings is 1. The van der Waals surface area contributed by atoms with Gasteiger partial charge in [-0.1, -0.05) is 170 Å². The van der Waals surface area contributed by atoms with Gasteiger partial charge in [0.1, 0.15) is 0 Å². The molecule has 8 aromatic carbocycles. The third-order valence-electron chi connectivity index (χ3n) is 10.1. The maximum Gasteiger partial charge on any atom is 0.164 e. The summed E-state index contributed by atoms with van der Waals surface area (Å²) < 4.78 is 2.61. The average Bonchev–Trinajstić information content (AvgIpc) is 3.65. The lowest BCUT2D eigenvalue weighted by Gasteiger charge is -2.11. The Kier molecular flexibility index (Phi) is 8.36. The molecular formula is C51H33N3S. The highest BCUT2D eigenvalue weighted by molar-refractivity contribution is 7.25. The molecule has 0 spiro atoms. The van der Waals surface area contributed by atoms with Crippen LogP contribution in [0.1, 0.15) is 0 Å². The summed E-state index contributed by atoms with van der Waals surface area (Å²) in [5.74, 6) is 1.92. The van der Waals surface area contributed by atoms with Gasteiger partial charge < -0.3 is 0 Å². The molecule has 258 valence electrons. The summed E-state index contributed by atoms with van der Waals surface area (Å²) in [5.41, 5.74) is 12.2. The Bertz CT molecular complexity index is 2970. The quantitative estimate of drug-likeness (QED) is 0.165. The van der Waals surface area contributed by atoms with Crippen molar-refractivity contribution in [1.29, 1.82) is 0 Å². The van der Waals surface area contributed by atoms with Crippen LogP contribution in [0.4, 0.5) is 0 Å². The van der Waals surface area contributed by atoms with Gasteiger partial charge in [0.2, 0.25) is 0 Å². The molecule has 0 aliphatic rings. The van der Waals surface area contributed by atoms with Crippen molar-refractivity contribution < 1.29 is 0 Å². The van der Waals surface area contributed by atoms with Crippen LogP contribution < -0.4 is 0 Å². The zero-order valence-corrected chi connectivity index (χ0v) is 30.6. The standard InChI is InChI=1S/C51H33N3S/c1-3-12-34(13-4-1)38-16-9-17-39(30-38)40-18-10-19-41(31-40)42-20-11-21-44(32-42)51-53-49(36-14-5-2-6-15-36)52-50(54-51)37-26-24-35(25-27-37)43-28-29-46-45-22-7-8-23-47(45)55-48(46)33-43/h1-33H. The van der Waals surface area contributed by atoms with Crippen molar-refractivity contribution in [3.8, 4) is 78.7 Å². The van der Waals surface area contributed by atoms with E-state index in [9.17, 15) is 0 Å². The first kappa shape index (κ1) is 32.6. The lowest BCUT2D eigenvalue weighted by molar-refractivity contribution is 1.07. The van der Waals surface area contributed by atoms with Crippen LogP contribution >= 0.6 is 11.3 Å². The van der Waals surface area contributed by atoms with Gasteiger partial charge in [0.25, 0.3) is 0 Å². The number of fused-ring (bicyclic) bond motifs is 3. The molecule has 10 rings (SSSR count). The minimum Gasteiger partial charge on any atom is -0.208 e. The molecule has 0 saturated heterocycles. The van der Waals surface area contributed by atoms with Crippen molar-refractivity contribution in [2.75, 3.05) is 0 Å². The van der Waals surface area contributed by atoms with Crippen molar-refractivity contribution in [2.24, 2.45) is 0 Å². The Hall–Kier alpha value is -7.01. The van der Waals surface area contributed by atoms with Crippen LogP contribution in [0.5, 0.6) is 0 Å². The fourth-order valence-electron chi connectivity index (χ4n) is 7.29. The molecule has 3 nitrogen and oxygen atoms in total. The van der Waals surface area contributed by atoms with Crippen molar-refractivity contribution in [3.05, 3.63) is 200 Å². The minimum absolute atomic E-state index is 0.636. The molecule has 0 aliphatic carbocycles. The van der Waals surface area contributed by atoms with Crippen LogP contribution in [0, 0.1) is 0 Å².